The highest BCUT2D eigenvalue weighted by molar-refractivity contribution is 5.36. The first-order chi connectivity index (χ1) is 11.3. The third-order valence-electron chi connectivity index (χ3n) is 5.54. The van der Waals surface area contributed by atoms with Gasteiger partial charge in [-0.2, -0.15) is 0 Å². The molecule has 0 radical (unpaired) electrons. The molecular formula is C20H33N3. The molecule has 1 heterocycles. The van der Waals surface area contributed by atoms with Crippen LogP contribution in [0.2, 0.25) is 0 Å². The molecule has 0 amide bonds. The molecule has 2 aliphatic rings. The zero-order chi connectivity index (χ0) is 16.1. The number of benzene rings is 1. The lowest BCUT2D eigenvalue weighted by atomic mass is 9.99. The fourth-order valence-electron chi connectivity index (χ4n) is 4.00. The molecule has 1 saturated heterocycles. The normalized spacial score (nSPS) is 20.0. The predicted molar refractivity (Wildman–Crippen MR) is 98.1 cm³/mol. The van der Waals surface area contributed by atoms with Gasteiger partial charge in [0.2, 0.25) is 0 Å². The van der Waals surface area contributed by atoms with Crippen LogP contribution in [0.25, 0.3) is 0 Å². The maximum absolute atomic E-state index is 3.47. The van der Waals surface area contributed by atoms with Crippen LogP contribution < -0.4 is 5.32 Å². The Hall–Kier alpha value is -0.900. The van der Waals surface area contributed by atoms with Gasteiger partial charge in [-0.25, -0.2) is 0 Å². The Bertz CT molecular complexity index is 494. The van der Waals surface area contributed by atoms with Crippen molar-refractivity contribution in [2.45, 2.75) is 45.1 Å². The highest BCUT2D eigenvalue weighted by Crippen LogP contribution is 2.28. The number of hydrogen-bond acceptors (Lipinski definition) is 3. The van der Waals surface area contributed by atoms with Crippen LogP contribution in [0.5, 0.6) is 0 Å². The standard InChI is InChI=1S/C20H33N3/c1-3-4-12-22(2)20(16-23-13-10-21-11-14-23)19-9-8-17-6-5-7-18(17)15-19/h8-9,15,20-21H,3-7,10-14,16H2,1-2H3. The quantitative estimate of drug-likeness (QED) is 0.835. The van der Waals surface area contributed by atoms with E-state index in [0.717, 1.165) is 13.1 Å². The molecule has 23 heavy (non-hydrogen) atoms. The highest BCUT2D eigenvalue weighted by atomic mass is 15.2. The zero-order valence-corrected chi connectivity index (χ0v) is 15.0. The predicted octanol–water partition coefficient (Wildman–Crippen LogP) is 2.85. The Labute approximate surface area is 142 Å². The van der Waals surface area contributed by atoms with Gasteiger partial charge in [-0.3, -0.25) is 9.80 Å². The average molecular weight is 316 g/mol. The molecule has 1 atom stereocenters. The molecule has 1 unspecified atom stereocenters. The number of aryl methyl sites for hydroxylation is 2. The van der Waals surface area contributed by atoms with Crippen LogP contribution in [0.1, 0.15) is 48.9 Å². The second-order valence-corrected chi connectivity index (χ2v) is 7.28. The third kappa shape index (κ3) is 4.34. The molecule has 0 saturated carbocycles. The second kappa shape index (κ2) is 8.27. The lowest BCUT2D eigenvalue weighted by molar-refractivity contribution is 0.149. The van der Waals surface area contributed by atoms with Crippen molar-refractivity contribution in [1.29, 1.82) is 0 Å². The maximum Gasteiger partial charge on any atom is 0.0472 e. The SMILES string of the molecule is CCCCN(C)C(CN1CCNCC1)c1ccc2c(c1)CCC2. The van der Waals surface area contributed by atoms with E-state index in [-0.39, 0.29) is 0 Å². The molecule has 1 aliphatic carbocycles. The summed E-state index contributed by atoms with van der Waals surface area (Å²) in [5, 5.41) is 3.47. The summed E-state index contributed by atoms with van der Waals surface area (Å²) >= 11 is 0. The number of fused-ring (bicyclic) bond motifs is 1. The van der Waals surface area contributed by atoms with E-state index in [1.54, 1.807) is 11.1 Å². The lowest BCUT2D eigenvalue weighted by Crippen LogP contribution is -2.47. The van der Waals surface area contributed by atoms with Crippen molar-refractivity contribution in [3.63, 3.8) is 0 Å². The van der Waals surface area contributed by atoms with Crippen LogP contribution in [0.4, 0.5) is 0 Å². The van der Waals surface area contributed by atoms with Crippen molar-refractivity contribution in [1.82, 2.24) is 15.1 Å². The molecule has 1 aromatic rings. The van der Waals surface area contributed by atoms with E-state index in [1.807, 2.05) is 0 Å². The van der Waals surface area contributed by atoms with E-state index < -0.39 is 0 Å². The summed E-state index contributed by atoms with van der Waals surface area (Å²) in [4.78, 5) is 5.22. The van der Waals surface area contributed by atoms with Gasteiger partial charge in [0.25, 0.3) is 0 Å². The molecule has 1 aromatic carbocycles. The summed E-state index contributed by atoms with van der Waals surface area (Å²) < 4.78 is 0. The van der Waals surface area contributed by atoms with E-state index in [2.05, 4.69) is 47.3 Å². The van der Waals surface area contributed by atoms with E-state index in [0.29, 0.717) is 6.04 Å². The minimum Gasteiger partial charge on any atom is -0.314 e. The summed E-state index contributed by atoms with van der Waals surface area (Å²) in [5.74, 6) is 0. The van der Waals surface area contributed by atoms with Crippen LogP contribution in [0.3, 0.4) is 0 Å². The van der Waals surface area contributed by atoms with Crippen LogP contribution in [-0.2, 0) is 12.8 Å². The van der Waals surface area contributed by atoms with Crippen molar-refractivity contribution in [2.75, 3.05) is 46.3 Å². The Balaban J connectivity index is 1.75. The van der Waals surface area contributed by atoms with Crippen molar-refractivity contribution >= 4 is 0 Å². The van der Waals surface area contributed by atoms with Gasteiger partial charge in [0.1, 0.15) is 0 Å². The van der Waals surface area contributed by atoms with Gasteiger partial charge < -0.3 is 5.32 Å². The number of rotatable bonds is 7. The molecular weight excluding hydrogens is 282 g/mol. The Morgan fingerprint density at radius 2 is 1.96 bits per heavy atom. The number of nitrogens with zero attached hydrogens (tertiary/aromatic N) is 2. The maximum atomic E-state index is 3.47. The molecule has 0 spiro atoms. The van der Waals surface area contributed by atoms with Crippen molar-refractivity contribution < 1.29 is 0 Å². The number of piperazine rings is 1. The van der Waals surface area contributed by atoms with Gasteiger partial charge >= 0.3 is 0 Å². The molecule has 3 heteroatoms. The monoisotopic (exact) mass is 315 g/mol. The van der Waals surface area contributed by atoms with E-state index in [4.69, 9.17) is 0 Å². The summed E-state index contributed by atoms with van der Waals surface area (Å²) in [6.45, 7) is 9.29. The molecule has 128 valence electrons. The second-order valence-electron chi connectivity index (χ2n) is 7.28. The van der Waals surface area contributed by atoms with Gasteiger partial charge in [-0.15, -0.1) is 0 Å². The summed E-state index contributed by atoms with van der Waals surface area (Å²) in [5.41, 5.74) is 4.73. The molecule has 1 fully saturated rings. The minimum atomic E-state index is 0.533. The summed E-state index contributed by atoms with van der Waals surface area (Å²) in [6.07, 6.45) is 6.47. The lowest BCUT2D eigenvalue weighted by Gasteiger charge is -2.35. The summed E-state index contributed by atoms with van der Waals surface area (Å²) in [7, 11) is 2.32. The average Bonchev–Trinajstić information content (AvgIpc) is 3.06. The smallest absolute Gasteiger partial charge is 0.0472 e. The number of unbranched alkanes of at least 4 members (excludes halogenated alkanes) is 1. The number of hydrogen-bond donors (Lipinski definition) is 1. The first-order valence-corrected chi connectivity index (χ1v) is 9.53. The van der Waals surface area contributed by atoms with Crippen LogP contribution in [0.15, 0.2) is 18.2 Å². The van der Waals surface area contributed by atoms with Crippen molar-refractivity contribution in [3.8, 4) is 0 Å². The minimum absolute atomic E-state index is 0.533. The fraction of sp³-hybridized carbons (Fsp3) is 0.700. The fourth-order valence-corrected chi connectivity index (χ4v) is 4.00. The van der Waals surface area contributed by atoms with Gasteiger partial charge in [-0.1, -0.05) is 31.5 Å². The summed E-state index contributed by atoms with van der Waals surface area (Å²) in [6, 6.07) is 7.85. The highest BCUT2D eigenvalue weighted by Gasteiger charge is 2.23. The van der Waals surface area contributed by atoms with E-state index in [1.165, 1.54) is 63.8 Å². The molecule has 3 rings (SSSR count). The van der Waals surface area contributed by atoms with Gasteiger partial charge in [-0.05, 0) is 56.0 Å². The van der Waals surface area contributed by atoms with Gasteiger partial charge in [0.15, 0.2) is 0 Å². The zero-order valence-electron chi connectivity index (χ0n) is 15.0. The first kappa shape index (κ1) is 16.9. The Morgan fingerprint density at radius 3 is 2.74 bits per heavy atom. The Kier molecular flexibility index (Phi) is 6.09. The van der Waals surface area contributed by atoms with Crippen LogP contribution >= 0.6 is 0 Å². The molecule has 0 bridgehead atoms. The van der Waals surface area contributed by atoms with E-state index >= 15 is 0 Å². The van der Waals surface area contributed by atoms with Gasteiger partial charge in [0, 0.05) is 38.8 Å². The first-order valence-electron chi connectivity index (χ1n) is 9.53. The molecule has 0 aromatic heterocycles. The number of nitrogens with one attached hydrogen (secondary N) is 1. The van der Waals surface area contributed by atoms with Crippen molar-refractivity contribution in [3.05, 3.63) is 34.9 Å². The van der Waals surface area contributed by atoms with Crippen LogP contribution in [0, 0.1) is 0 Å². The largest absolute Gasteiger partial charge is 0.314 e. The van der Waals surface area contributed by atoms with Crippen LogP contribution in [-0.4, -0.2) is 56.1 Å². The van der Waals surface area contributed by atoms with Crippen molar-refractivity contribution in [2.24, 2.45) is 0 Å². The molecule has 1 aliphatic heterocycles. The molecule has 1 N–H and O–H groups in total. The number of likely N-dealkylation sites (N-methyl/N-ethyl adjacent to an activating group) is 1. The topological polar surface area (TPSA) is 18.5 Å². The van der Waals surface area contributed by atoms with E-state index in [9.17, 15) is 0 Å². The van der Waals surface area contributed by atoms with Gasteiger partial charge in [0.05, 0.1) is 0 Å². The molecule has 3 nitrogen and oxygen atoms in total. The Morgan fingerprint density at radius 1 is 1.17 bits per heavy atom. The third-order valence-corrected chi connectivity index (χ3v) is 5.54.